The van der Waals surface area contributed by atoms with Crippen LogP contribution >= 0.6 is 0 Å². The van der Waals surface area contributed by atoms with Crippen LogP contribution in [0.25, 0.3) is 0 Å². The summed E-state index contributed by atoms with van der Waals surface area (Å²) in [6.45, 7) is 3.47. The van der Waals surface area contributed by atoms with E-state index in [4.69, 9.17) is 4.74 Å². The number of methoxy groups -OCH3 is 1. The second-order valence-electron chi connectivity index (χ2n) is 6.02. The summed E-state index contributed by atoms with van der Waals surface area (Å²) in [6.07, 6.45) is 7.97. The number of esters is 1. The molecular formula is C15H28N2O2. The lowest BCUT2D eigenvalue weighted by atomic mass is 9.78. The number of likely N-dealkylation sites (tertiary alicyclic amines) is 1. The molecule has 2 fully saturated rings. The minimum atomic E-state index is -0.460. The summed E-state index contributed by atoms with van der Waals surface area (Å²) in [5.74, 6) is -0.0908. The van der Waals surface area contributed by atoms with E-state index in [9.17, 15) is 4.79 Å². The van der Waals surface area contributed by atoms with Crippen molar-refractivity contribution < 1.29 is 9.53 Å². The predicted molar refractivity (Wildman–Crippen MR) is 76.1 cm³/mol. The first-order valence-electron chi connectivity index (χ1n) is 7.70. The van der Waals surface area contributed by atoms with Crippen LogP contribution in [0.15, 0.2) is 0 Å². The van der Waals surface area contributed by atoms with Gasteiger partial charge in [0.15, 0.2) is 0 Å². The molecule has 0 spiro atoms. The van der Waals surface area contributed by atoms with Crippen molar-refractivity contribution in [3.63, 3.8) is 0 Å². The Hall–Kier alpha value is -0.610. The first-order chi connectivity index (χ1) is 9.16. The number of ether oxygens (including phenoxy) is 1. The lowest BCUT2D eigenvalue weighted by Gasteiger charge is -2.43. The van der Waals surface area contributed by atoms with E-state index < -0.39 is 5.54 Å². The molecule has 4 heteroatoms. The van der Waals surface area contributed by atoms with Crippen molar-refractivity contribution in [2.75, 3.05) is 20.7 Å². The fourth-order valence-corrected chi connectivity index (χ4v) is 4.02. The van der Waals surface area contributed by atoms with Crippen molar-refractivity contribution >= 4 is 5.97 Å². The fraction of sp³-hybridized carbons (Fsp3) is 0.933. The SMILES string of the molecule is CCC1CCCN1C1CCCC(NC)(C(=O)OC)C1. The van der Waals surface area contributed by atoms with E-state index in [0.717, 1.165) is 25.3 Å². The van der Waals surface area contributed by atoms with Gasteiger partial charge in [-0.25, -0.2) is 0 Å². The van der Waals surface area contributed by atoms with Crippen LogP contribution in [0, 0.1) is 0 Å². The van der Waals surface area contributed by atoms with Crippen LogP contribution in [-0.4, -0.2) is 49.2 Å². The van der Waals surface area contributed by atoms with Crippen LogP contribution in [0.4, 0.5) is 0 Å². The highest BCUT2D eigenvalue weighted by Gasteiger charge is 2.45. The van der Waals surface area contributed by atoms with Crippen molar-refractivity contribution in [3.05, 3.63) is 0 Å². The topological polar surface area (TPSA) is 41.6 Å². The maximum Gasteiger partial charge on any atom is 0.326 e. The van der Waals surface area contributed by atoms with Gasteiger partial charge in [0.05, 0.1) is 7.11 Å². The molecule has 0 bridgehead atoms. The van der Waals surface area contributed by atoms with Crippen molar-refractivity contribution in [2.24, 2.45) is 0 Å². The Bertz CT molecular complexity index is 321. The molecule has 0 radical (unpaired) electrons. The molecule has 110 valence electrons. The Balaban J connectivity index is 2.09. The monoisotopic (exact) mass is 268 g/mol. The molecule has 2 rings (SSSR count). The average molecular weight is 268 g/mol. The summed E-state index contributed by atoms with van der Waals surface area (Å²) >= 11 is 0. The van der Waals surface area contributed by atoms with E-state index in [1.54, 1.807) is 0 Å². The van der Waals surface area contributed by atoms with Gasteiger partial charge in [-0.05, 0) is 58.5 Å². The lowest BCUT2D eigenvalue weighted by molar-refractivity contribution is -0.151. The first kappa shape index (κ1) is 14.8. The van der Waals surface area contributed by atoms with E-state index in [2.05, 4.69) is 17.1 Å². The fourth-order valence-electron chi connectivity index (χ4n) is 4.02. The van der Waals surface area contributed by atoms with Gasteiger partial charge in [-0.1, -0.05) is 6.92 Å². The highest BCUT2D eigenvalue weighted by atomic mass is 16.5. The third-order valence-electron chi connectivity index (χ3n) is 5.14. The Morgan fingerprint density at radius 1 is 1.42 bits per heavy atom. The molecule has 4 nitrogen and oxygen atoms in total. The van der Waals surface area contributed by atoms with E-state index in [1.807, 2.05) is 7.05 Å². The van der Waals surface area contributed by atoms with Crippen LogP contribution in [0.5, 0.6) is 0 Å². The number of hydrogen-bond acceptors (Lipinski definition) is 4. The Morgan fingerprint density at radius 3 is 2.84 bits per heavy atom. The van der Waals surface area contributed by atoms with Gasteiger partial charge in [-0.2, -0.15) is 0 Å². The van der Waals surface area contributed by atoms with Gasteiger partial charge in [0.2, 0.25) is 0 Å². The second kappa shape index (κ2) is 6.23. The minimum Gasteiger partial charge on any atom is -0.468 e. The van der Waals surface area contributed by atoms with E-state index in [1.165, 1.54) is 39.3 Å². The second-order valence-corrected chi connectivity index (χ2v) is 6.02. The van der Waals surface area contributed by atoms with Crippen molar-refractivity contribution in [2.45, 2.75) is 69.5 Å². The van der Waals surface area contributed by atoms with Gasteiger partial charge < -0.3 is 10.1 Å². The number of rotatable bonds is 4. The molecule has 1 saturated heterocycles. The number of likely N-dealkylation sites (N-methyl/N-ethyl adjacent to an activating group) is 1. The van der Waals surface area contributed by atoms with E-state index in [0.29, 0.717) is 6.04 Å². The summed E-state index contributed by atoms with van der Waals surface area (Å²) in [5, 5.41) is 3.25. The molecule has 0 aromatic rings. The zero-order chi connectivity index (χ0) is 13.9. The van der Waals surface area contributed by atoms with Crippen molar-refractivity contribution in [1.29, 1.82) is 0 Å². The number of hydrogen-bond donors (Lipinski definition) is 1. The summed E-state index contributed by atoms with van der Waals surface area (Å²) in [4.78, 5) is 14.8. The molecule has 2 aliphatic rings. The van der Waals surface area contributed by atoms with E-state index in [-0.39, 0.29) is 5.97 Å². The minimum absolute atomic E-state index is 0.0908. The molecule has 3 atom stereocenters. The maximum absolute atomic E-state index is 12.1. The zero-order valence-corrected chi connectivity index (χ0v) is 12.6. The highest BCUT2D eigenvalue weighted by Crippen LogP contribution is 2.35. The van der Waals surface area contributed by atoms with Crippen LogP contribution < -0.4 is 5.32 Å². The maximum atomic E-state index is 12.1. The number of carbonyl (C=O) groups is 1. The Labute approximate surface area is 116 Å². The van der Waals surface area contributed by atoms with Gasteiger partial charge in [-0.3, -0.25) is 9.69 Å². The molecule has 0 amide bonds. The van der Waals surface area contributed by atoms with Gasteiger partial charge in [0.1, 0.15) is 5.54 Å². The Morgan fingerprint density at radius 2 is 2.21 bits per heavy atom. The van der Waals surface area contributed by atoms with E-state index >= 15 is 0 Å². The molecular weight excluding hydrogens is 240 g/mol. The first-order valence-corrected chi connectivity index (χ1v) is 7.70. The highest BCUT2D eigenvalue weighted by molar-refractivity contribution is 5.81. The summed E-state index contributed by atoms with van der Waals surface area (Å²) in [5.41, 5.74) is -0.460. The number of carbonyl (C=O) groups excluding carboxylic acids is 1. The predicted octanol–water partition coefficient (Wildman–Crippen LogP) is 1.93. The number of nitrogens with one attached hydrogen (secondary N) is 1. The smallest absolute Gasteiger partial charge is 0.326 e. The van der Waals surface area contributed by atoms with Crippen LogP contribution in [0.2, 0.25) is 0 Å². The van der Waals surface area contributed by atoms with Gasteiger partial charge in [0.25, 0.3) is 0 Å². The van der Waals surface area contributed by atoms with Crippen LogP contribution in [0.1, 0.15) is 51.9 Å². The molecule has 0 aromatic heterocycles. The van der Waals surface area contributed by atoms with Crippen molar-refractivity contribution in [1.82, 2.24) is 10.2 Å². The molecule has 0 aromatic carbocycles. The van der Waals surface area contributed by atoms with Gasteiger partial charge in [0, 0.05) is 12.1 Å². The summed E-state index contributed by atoms with van der Waals surface area (Å²) in [7, 11) is 3.39. The molecule has 19 heavy (non-hydrogen) atoms. The molecule has 1 aliphatic heterocycles. The third-order valence-corrected chi connectivity index (χ3v) is 5.14. The summed E-state index contributed by atoms with van der Waals surface area (Å²) in [6, 6.07) is 1.25. The van der Waals surface area contributed by atoms with Gasteiger partial charge >= 0.3 is 5.97 Å². The molecule has 1 N–H and O–H groups in total. The average Bonchev–Trinajstić information content (AvgIpc) is 2.94. The molecule has 1 saturated carbocycles. The standard InChI is InChI=1S/C15H28N2O2/c1-4-12-8-6-10-17(12)13-7-5-9-15(11-13,16-2)14(18)19-3/h12-13,16H,4-11H2,1-3H3. The zero-order valence-electron chi connectivity index (χ0n) is 12.6. The molecule has 3 unspecified atom stereocenters. The quantitative estimate of drug-likeness (QED) is 0.791. The third kappa shape index (κ3) is 2.79. The normalized spacial score (nSPS) is 36.4. The Kier molecular flexibility index (Phi) is 4.85. The van der Waals surface area contributed by atoms with Crippen molar-refractivity contribution in [3.8, 4) is 0 Å². The van der Waals surface area contributed by atoms with Gasteiger partial charge in [-0.15, -0.1) is 0 Å². The van der Waals surface area contributed by atoms with Crippen LogP contribution in [0.3, 0.4) is 0 Å². The summed E-state index contributed by atoms with van der Waals surface area (Å²) < 4.78 is 5.03. The molecule has 1 heterocycles. The number of nitrogens with zero attached hydrogens (tertiary/aromatic N) is 1. The lowest BCUT2D eigenvalue weighted by Crippen LogP contribution is -2.58. The largest absolute Gasteiger partial charge is 0.468 e. The van der Waals surface area contributed by atoms with Crippen LogP contribution in [-0.2, 0) is 9.53 Å². The molecule has 1 aliphatic carbocycles.